The summed E-state index contributed by atoms with van der Waals surface area (Å²) in [5.41, 5.74) is 1.92. The highest BCUT2D eigenvalue weighted by Gasteiger charge is 2.29. The van der Waals surface area contributed by atoms with E-state index in [0.717, 1.165) is 18.7 Å². The molecule has 1 aromatic rings. The molecule has 1 N–H and O–H groups in total. The molecule has 2 nitrogen and oxygen atoms in total. The lowest BCUT2D eigenvalue weighted by molar-refractivity contribution is 0.0182. The number of alkyl halides is 2. The van der Waals surface area contributed by atoms with Crippen molar-refractivity contribution in [1.29, 1.82) is 0 Å². The minimum absolute atomic E-state index is 0. The highest BCUT2D eigenvalue weighted by Crippen LogP contribution is 2.29. The van der Waals surface area contributed by atoms with Gasteiger partial charge in [-0.25, -0.2) is 8.78 Å². The summed E-state index contributed by atoms with van der Waals surface area (Å²) in [6.07, 6.45) is -2.34. The average molecular weight is 341 g/mol. The van der Waals surface area contributed by atoms with Gasteiger partial charge in [-0.2, -0.15) is 0 Å². The second-order valence-electron chi connectivity index (χ2n) is 5.39. The Morgan fingerprint density at radius 2 is 1.43 bits per heavy atom. The Morgan fingerprint density at radius 3 is 1.86 bits per heavy atom. The maximum atomic E-state index is 13.4. The summed E-state index contributed by atoms with van der Waals surface area (Å²) in [5.74, 6) is 0.429. The topological polar surface area (TPSA) is 15.3 Å². The first-order valence-corrected chi connectivity index (χ1v) is 6.92. The molecule has 1 aromatic carbocycles. The molecule has 1 atom stereocenters. The number of piperazine rings is 1. The van der Waals surface area contributed by atoms with Crippen LogP contribution in [0.5, 0.6) is 0 Å². The van der Waals surface area contributed by atoms with Crippen molar-refractivity contribution >= 4 is 24.8 Å². The first-order chi connectivity index (χ1) is 9.09. The number of nitrogens with one attached hydrogen (secondary N) is 1. The standard InChI is InChI=1S/C15H22F2N2.2ClH/c1-11(2)12-3-5-13(6-4-12)14(15(16)17)19-9-7-18-8-10-19;;/h3-6,11,14-15,18H,7-10H2,1-2H3;2*1H/t14-;;/m0../s1. The third-order valence-electron chi connectivity index (χ3n) is 3.73. The molecule has 0 unspecified atom stereocenters. The summed E-state index contributed by atoms with van der Waals surface area (Å²) in [4.78, 5) is 1.88. The van der Waals surface area contributed by atoms with Crippen molar-refractivity contribution in [2.24, 2.45) is 0 Å². The van der Waals surface area contributed by atoms with Crippen LogP contribution in [-0.4, -0.2) is 37.5 Å². The van der Waals surface area contributed by atoms with Crippen molar-refractivity contribution in [3.63, 3.8) is 0 Å². The molecule has 0 saturated carbocycles. The van der Waals surface area contributed by atoms with Gasteiger partial charge >= 0.3 is 0 Å². The molecule has 0 aliphatic carbocycles. The summed E-state index contributed by atoms with van der Waals surface area (Å²) in [6.45, 7) is 7.15. The Labute approximate surface area is 138 Å². The van der Waals surface area contributed by atoms with Gasteiger partial charge in [-0.15, -0.1) is 24.8 Å². The summed E-state index contributed by atoms with van der Waals surface area (Å²) in [7, 11) is 0. The van der Waals surface area contributed by atoms with Crippen molar-refractivity contribution in [1.82, 2.24) is 10.2 Å². The van der Waals surface area contributed by atoms with Crippen molar-refractivity contribution < 1.29 is 8.78 Å². The van der Waals surface area contributed by atoms with Gasteiger partial charge in [0.25, 0.3) is 6.43 Å². The Morgan fingerprint density at radius 1 is 0.952 bits per heavy atom. The molecule has 0 spiro atoms. The molecular weight excluding hydrogens is 317 g/mol. The molecule has 6 heteroatoms. The van der Waals surface area contributed by atoms with E-state index in [1.807, 2.05) is 29.2 Å². The van der Waals surface area contributed by atoms with Crippen molar-refractivity contribution in [3.8, 4) is 0 Å². The van der Waals surface area contributed by atoms with Crippen LogP contribution in [0.25, 0.3) is 0 Å². The monoisotopic (exact) mass is 340 g/mol. The van der Waals surface area contributed by atoms with Crippen molar-refractivity contribution in [2.45, 2.75) is 32.2 Å². The quantitative estimate of drug-likeness (QED) is 0.895. The Bertz CT molecular complexity index is 393. The SMILES string of the molecule is CC(C)c1ccc([C@@H](C(F)F)N2CCNCC2)cc1.Cl.Cl. The number of nitrogens with zero attached hydrogens (tertiary/aromatic N) is 1. The smallest absolute Gasteiger partial charge is 0.258 e. The van der Waals surface area contributed by atoms with Gasteiger partial charge in [0, 0.05) is 26.2 Å². The molecule has 1 heterocycles. The van der Waals surface area contributed by atoms with E-state index in [0.29, 0.717) is 19.0 Å². The number of rotatable bonds is 4. The van der Waals surface area contributed by atoms with Crippen LogP contribution in [0.4, 0.5) is 8.78 Å². The average Bonchev–Trinajstić information content (AvgIpc) is 2.40. The Balaban J connectivity index is 0.00000200. The van der Waals surface area contributed by atoms with Gasteiger partial charge in [0.1, 0.15) is 0 Å². The molecule has 0 bridgehead atoms. The van der Waals surface area contributed by atoms with Gasteiger partial charge in [0.05, 0.1) is 6.04 Å². The van der Waals surface area contributed by atoms with Crippen LogP contribution in [-0.2, 0) is 0 Å². The van der Waals surface area contributed by atoms with Crippen LogP contribution in [0, 0.1) is 0 Å². The number of hydrogen-bond acceptors (Lipinski definition) is 2. The molecule has 21 heavy (non-hydrogen) atoms. The predicted octanol–water partition coefficient (Wildman–Crippen LogP) is 3.87. The van der Waals surface area contributed by atoms with Gasteiger partial charge in [-0.1, -0.05) is 38.1 Å². The van der Waals surface area contributed by atoms with E-state index in [4.69, 9.17) is 0 Å². The largest absolute Gasteiger partial charge is 0.314 e. The lowest BCUT2D eigenvalue weighted by atomic mass is 9.98. The maximum Gasteiger partial charge on any atom is 0.258 e. The second-order valence-corrected chi connectivity index (χ2v) is 5.39. The van der Waals surface area contributed by atoms with Crippen LogP contribution in [0.1, 0.15) is 36.9 Å². The molecule has 1 saturated heterocycles. The van der Waals surface area contributed by atoms with E-state index < -0.39 is 12.5 Å². The van der Waals surface area contributed by atoms with Gasteiger partial charge in [-0.05, 0) is 17.0 Å². The highest BCUT2D eigenvalue weighted by molar-refractivity contribution is 5.85. The third-order valence-corrected chi connectivity index (χ3v) is 3.73. The first-order valence-electron chi connectivity index (χ1n) is 6.92. The van der Waals surface area contributed by atoms with Crippen LogP contribution >= 0.6 is 24.8 Å². The number of hydrogen-bond donors (Lipinski definition) is 1. The van der Waals surface area contributed by atoms with Crippen LogP contribution in [0.15, 0.2) is 24.3 Å². The number of benzene rings is 1. The lowest BCUT2D eigenvalue weighted by Crippen LogP contribution is -2.46. The predicted molar refractivity (Wildman–Crippen MR) is 88.2 cm³/mol. The van der Waals surface area contributed by atoms with E-state index >= 15 is 0 Å². The van der Waals surface area contributed by atoms with Crippen molar-refractivity contribution in [3.05, 3.63) is 35.4 Å². The van der Waals surface area contributed by atoms with E-state index in [1.165, 1.54) is 5.56 Å². The normalized spacial score (nSPS) is 17.2. The lowest BCUT2D eigenvalue weighted by Gasteiger charge is -2.34. The fraction of sp³-hybridized carbons (Fsp3) is 0.600. The molecule has 2 rings (SSSR count). The van der Waals surface area contributed by atoms with Crippen LogP contribution < -0.4 is 5.32 Å². The van der Waals surface area contributed by atoms with E-state index in [2.05, 4.69) is 19.2 Å². The summed E-state index contributed by atoms with van der Waals surface area (Å²) in [5, 5.41) is 3.20. The zero-order chi connectivity index (χ0) is 13.8. The first kappa shape index (κ1) is 20.6. The minimum atomic E-state index is -2.34. The summed E-state index contributed by atoms with van der Waals surface area (Å²) in [6, 6.07) is 6.88. The van der Waals surface area contributed by atoms with Gasteiger partial charge in [0.15, 0.2) is 0 Å². The molecular formula is C15H24Cl2F2N2. The summed E-state index contributed by atoms with van der Waals surface area (Å²) < 4.78 is 26.7. The van der Waals surface area contributed by atoms with Crippen molar-refractivity contribution in [2.75, 3.05) is 26.2 Å². The highest BCUT2D eigenvalue weighted by atomic mass is 35.5. The zero-order valence-corrected chi connectivity index (χ0v) is 14.0. The fourth-order valence-electron chi connectivity index (χ4n) is 2.55. The minimum Gasteiger partial charge on any atom is -0.314 e. The molecule has 0 amide bonds. The van der Waals surface area contributed by atoms with Gasteiger partial charge < -0.3 is 5.32 Å². The maximum absolute atomic E-state index is 13.4. The molecule has 1 aliphatic rings. The number of halogens is 4. The van der Waals surface area contributed by atoms with E-state index in [1.54, 1.807) is 0 Å². The third kappa shape index (κ3) is 5.37. The molecule has 0 aromatic heterocycles. The van der Waals surface area contributed by atoms with Gasteiger partial charge in [-0.3, -0.25) is 4.90 Å². The fourth-order valence-corrected chi connectivity index (χ4v) is 2.55. The Kier molecular flexibility index (Phi) is 9.38. The van der Waals surface area contributed by atoms with Crippen LogP contribution in [0.2, 0.25) is 0 Å². The second kappa shape index (κ2) is 9.57. The summed E-state index contributed by atoms with van der Waals surface area (Å²) >= 11 is 0. The molecule has 0 radical (unpaired) electrons. The molecule has 1 aliphatic heterocycles. The Hall–Kier alpha value is -0.420. The van der Waals surface area contributed by atoms with E-state index in [-0.39, 0.29) is 24.8 Å². The van der Waals surface area contributed by atoms with Gasteiger partial charge in [0.2, 0.25) is 0 Å². The zero-order valence-electron chi connectivity index (χ0n) is 12.4. The molecule has 1 fully saturated rings. The van der Waals surface area contributed by atoms with E-state index in [9.17, 15) is 8.78 Å². The van der Waals surface area contributed by atoms with Crippen LogP contribution in [0.3, 0.4) is 0 Å². The molecule has 122 valence electrons.